The van der Waals surface area contributed by atoms with Gasteiger partial charge in [-0.25, -0.2) is 4.98 Å². The molecule has 11 heterocycles. The Balaban J connectivity index is 0.000000143. The summed E-state index contributed by atoms with van der Waals surface area (Å²) in [5.74, 6) is 0. The molecule has 11 nitrogen and oxygen atoms in total. The normalized spacial score (nSPS) is 11.7. The Hall–Kier alpha value is -11.4. The maximum Gasteiger partial charge on any atom is 0.0971 e. The van der Waals surface area contributed by atoms with Crippen LogP contribution in [0.4, 0.5) is 0 Å². The molecule has 0 saturated heterocycles. The molecule has 0 aliphatic heterocycles. The third-order valence-electron chi connectivity index (χ3n) is 15.5. The average molecular weight is 1050 g/mol. The van der Waals surface area contributed by atoms with Crippen LogP contribution in [0.5, 0.6) is 0 Å². The minimum Gasteiger partial charge on any atom is -0.254 e. The maximum atomic E-state index is 5.13. The third kappa shape index (κ3) is 7.78. The minimum atomic E-state index is 0.884. The van der Waals surface area contributed by atoms with Gasteiger partial charge in [-0.1, -0.05) is 66.7 Å². The molecule has 0 amide bonds. The van der Waals surface area contributed by atoms with Crippen LogP contribution in [-0.2, 0) is 0 Å². The largest absolute Gasteiger partial charge is 0.254 e. The number of hydrogen-bond donors (Lipinski definition) is 0. The van der Waals surface area contributed by atoms with Crippen LogP contribution in [0, 0.1) is 0 Å². The van der Waals surface area contributed by atoms with Gasteiger partial charge < -0.3 is 0 Å². The SMILES string of the molecule is c1cc(-c2cc3cccnc3c3ncccc23)nc(-c2cc3cccnc3c3ncccc23)c1.c1cnc2c(c1)cc(-c1cc(-c3cc4cccnc4c4ncccc34)cc(-c3cc4cccnc4c4ncccc34)c1)c1cccnc12. The van der Waals surface area contributed by atoms with Gasteiger partial charge in [0.1, 0.15) is 0 Å². The first-order valence-corrected chi connectivity index (χ1v) is 26.9. The van der Waals surface area contributed by atoms with Crippen molar-refractivity contribution in [3.63, 3.8) is 0 Å². The van der Waals surface area contributed by atoms with Crippen LogP contribution in [0.1, 0.15) is 0 Å². The molecule has 0 aliphatic rings. The van der Waals surface area contributed by atoms with Gasteiger partial charge in [-0.15, -0.1) is 0 Å². The Labute approximate surface area is 467 Å². The fraction of sp³-hybridized carbons (Fsp3) is 0. The van der Waals surface area contributed by atoms with E-state index in [1.54, 1.807) is 0 Å². The van der Waals surface area contributed by atoms with E-state index in [0.29, 0.717) is 0 Å². The van der Waals surface area contributed by atoms with Crippen LogP contribution in [0.3, 0.4) is 0 Å². The first-order chi connectivity index (χ1) is 40.7. The van der Waals surface area contributed by atoms with Crippen molar-refractivity contribution in [3.05, 3.63) is 250 Å². The van der Waals surface area contributed by atoms with Gasteiger partial charge in [-0.05, 0) is 155 Å². The number of rotatable bonds is 5. The fourth-order valence-corrected chi connectivity index (χ4v) is 11.9. The highest BCUT2D eigenvalue weighted by atomic mass is 14.8. The summed E-state index contributed by atoms with van der Waals surface area (Å²) < 4.78 is 0. The number of fused-ring (bicyclic) bond motifs is 15. The lowest BCUT2D eigenvalue weighted by atomic mass is 9.88. The van der Waals surface area contributed by atoms with Crippen molar-refractivity contribution in [2.45, 2.75) is 0 Å². The molecule has 0 N–H and O–H groups in total. The van der Waals surface area contributed by atoms with Crippen molar-refractivity contribution in [2.24, 2.45) is 0 Å². The summed E-state index contributed by atoms with van der Waals surface area (Å²) in [6.07, 6.45) is 18.2. The lowest BCUT2D eigenvalue weighted by Crippen LogP contribution is -1.94. The summed E-state index contributed by atoms with van der Waals surface area (Å²) in [6, 6.07) is 64.9. The van der Waals surface area contributed by atoms with E-state index in [-0.39, 0.29) is 0 Å². The van der Waals surface area contributed by atoms with E-state index in [0.717, 1.165) is 165 Å². The van der Waals surface area contributed by atoms with Gasteiger partial charge in [0.25, 0.3) is 0 Å². The van der Waals surface area contributed by atoms with Gasteiger partial charge in [0.05, 0.1) is 66.6 Å². The molecule has 17 rings (SSSR count). The summed E-state index contributed by atoms with van der Waals surface area (Å²) in [4.78, 5) is 52.2. The number of nitrogens with zero attached hydrogens (tertiary/aromatic N) is 11. The van der Waals surface area contributed by atoms with Gasteiger partial charge >= 0.3 is 0 Å². The summed E-state index contributed by atoms with van der Waals surface area (Å²) >= 11 is 0. The van der Waals surface area contributed by atoms with Crippen molar-refractivity contribution in [3.8, 4) is 55.9 Å². The van der Waals surface area contributed by atoms with E-state index < -0.39 is 0 Å². The molecule has 0 saturated carbocycles. The van der Waals surface area contributed by atoms with Gasteiger partial charge in [0, 0.05) is 127 Å². The van der Waals surface area contributed by atoms with Crippen LogP contribution in [0.15, 0.2) is 250 Å². The maximum absolute atomic E-state index is 5.13. The Morgan fingerprint density at radius 3 is 0.671 bits per heavy atom. The second kappa shape index (κ2) is 19.2. The highest BCUT2D eigenvalue weighted by molar-refractivity contribution is 6.16. The van der Waals surface area contributed by atoms with Gasteiger partial charge in [0.15, 0.2) is 0 Å². The summed E-state index contributed by atoms with van der Waals surface area (Å²) in [5, 5.41) is 10.4. The zero-order valence-electron chi connectivity index (χ0n) is 43.6. The highest BCUT2D eigenvalue weighted by Gasteiger charge is 2.20. The molecule has 17 aromatic rings. The topological polar surface area (TPSA) is 142 Å². The molecule has 6 aromatic carbocycles. The molecule has 0 spiro atoms. The van der Waals surface area contributed by atoms with Crippen molar-refractivity contribution >= 4 is 109 Å². The van der Waals surface area contributed by atoms with Gasteiger partial charge in [0.2, 0.25) is 0 Å². The Morgan fingerprint density at radius 1 is 0.183 bits per heavy atom. The van der Waals surface area contributed by atoms with E-state index in [1.807, 2.05) is 123 Å². The Kier molecular flexibility index (Phi) is 10.9. The molecule has 0 unspecified atom stereocenters. The summed E-state index contributed by atoms with van der Waals surface area (Å²) in [6.45, 7) is 0. The Morgan fingerprint density at radius 2 is 0.402 bits per heavy atom. The minimum absolute atomic E-state index is 0.884. The molecular formula is C71H41N11. The molecule has 0 atom stereocenters. The first kappa shape index (κ1) is 46.6. The molecule has 0 aliphatic carbocycles. The number of benzene rings is 6. The highest BCUT2D eigenvalue weighted by Crippen LogP contribution is 2.43. The van der Waals surface area contributed by atoms with Crippen molar-refractivity contribution < 1.29 is 0 Å². The predicted octanol–water partition coefficient (Wildman–Crippen LogP) is 16.6. The smallest absolute Gasteiger partial charge is 0.0971 e. The van der Waals surface area contributed by atoms with Crippen LogP contribution in [0.25, 0.3) is 165 Å². The summed E-state index contributed by atoms with van der Waals surface area (Å²) in [5.41, 5.74) is 19.3. The van der Waals surface area contributed by atoms with Gasteiger partial charge in [-0.2, -0.15) is 0 Å². The van der Waals surface area contributed by atoms with Crippen LogP contribution in [0.2, 0.25) is 0 Å². The molecular weight excluding hydrogens is 1010 g/mol. The number of aromatic nitrogens is 11. The second-order valence-electron chi connectivity index (χ2n) is 20.2. The third-order valence-corrected chi connectivity index (χ3v) is 15.5. The van der Waals surface area contributed by atoms with Crippen molar-refractivity contribution in [2.75, 3.05) is 0 Å². The quantitative estimate of drug-likeness (QED) is 0.152. The molecule has 0 radical (unpaired) electrons. The zero-order valence-corrected chi connectivity index (χ0v) is 43.6. The lowest BCUT2D eigenvalue weighted by Gasteiger charge is -2.17. The lowest BCUT2D eigenvalue weighted by molar-refractivity contribution is 1.32. The Bertz CT molecular complexity index is 4990. The number of hydrogen-bond acceptors (Lipinski definition) is 11. The van der Waals surface area contributed by atoms with Crippen LogP contribution in [-0.4, -0.2) is 54.8 Å². The molecule has 0 bridgehead atoms. The van der Waals surface area contributed by atoms with E-state index in [1.165, 1.54) is 0 Å². The fourth-order valence-electron chi connectivity index (χ4n) is 11.9. The average Bonchev–Trinajstić information content (AvgIpc) is 3.75. The van der Waals surface area contributed by atoms with Crippen molar-refractivity contribution in [1.29, 1.82) is 0 Å². The summed E-state index contributed by atoms with van der Waals surface area (Å²) in [7, 11) is 0. The van der Waals surface area contributed by atoms with Gasteiger partial charge in [-0.3, -0.25) is 49.8 Å². The predicted molar refractivity (Wildman–Crippen MR) is 331 cm³/mol. The van der Waals surface area contributed by atoms with Crippen LogP contribution < -0.4 is 0 Å². The van der Waals surface area contributed by atoms with Crippen LogP contribution >= 0.6 is 0 Å². The standard InChI is InChI=1S/C42H24N6.C29H17N5/c1-7-25-22-34(31-10-4-16-46-40(31)37(25)43-13-1)28-19-29(35-23-26-8-2-14-44-38(26)41-32(35)11-5-17-47-41)21-30(20-28)36-24-27-9-3-15-45-39(27)42-33(36)12-6-18-48-42;1-10-24(22-16-18-6-2-12-30-26(18)28-20(22)8-4-14-32-28)34-25(11-1)23-17-19-7-3-13-31-27(19)29-21(23)9-5-15-33-29/h1-24H;1-17H. The first-order valence-electron chi connectivity index (χ1n) is 26.9. The van der Waals surface area contributed by atoms with E-state index in [4.69, 9.17) is 34.9 Å². The molecule has 0 fully saturated rings. The van der Waals surface area contributed by atoms with E-state index in [9.17, 15) is 0 Å². The molecule has 380 valence electrons. The second-order valence-corrected chi connectivity index (χ2v) is 20.2. The molecule has 82 heavy (non-hydrogen) atoms. The zero-order chi connectivity index (χ0) is 54.1. The van der Waals surface area contributed by atoms with Crippen molar-refractivity contribution in [1.82, 2.24) is 54.8 Å². The van der Waals surface area contributed by atoms with E-state index >= 15 is 0 Å². The monoisotopic (exact) mass is 1050 g/mol. The molecule has 11 aromatic heterocycles. The van der Waals surface area contributed by atoms with E-state index in [2.05, 4.69) is 147 Å². The molecule has 11 heteroatoms. The number of pyridine rings is 11.